The van der Waals surface area contributed by atoms with Crippen LogP contribution in [-0.4, -0.2) is 49.0 Å². The van der Waals surface area contributed by atoms with Crippen molar-refractivity contribution in [2.45, 2.75) is 33.6 Å². The Bertz CT molecular complexity index is 859. The van der Waals surface area contributed by atoms with Crippen LogP contribution in [0.2, 0.25) is 0 Å². The fraction of sp³-hybridized carbons (Fsp3) is 0.375. The summed E-state index contributed by atoms with van der Waals surface area (Å²) in [4.78, 5) is 37.8. The monoisotopic (exact) mass is 426 g/mol. The molecule has 2 amide bonds. The number of carbonyl (C=O) groups is 3. The number of ether oxygens (including phenoxy) is 2. The van der Waals surface area contributed by atoms with Crippen molar-refractivity contribution < 1.29 is 23.9 Å². The fourth-order valence-corrected chi connectivity index (χ4v) is 2.85. The van der Waals surface area contributed by atoms with Crippen molar-refractivity contribution in [2.24, 2.45) is 0 Å². The highest BCUT2D eigenvalue weighted by molar-refractivity contribution is 5.96. The molecule has 0 unspecified atom stereocenters. The highest BCUT2D eigenvalue weighted by atomic mass is 16.5. The molecule has 0 spiro atoms. The van der Waals surface area contributed by atoms with E-state index in [0.717, 1.165) is 11.3 Å². The minimum atomic E-state index is -0.456. The molecule has 0 heterocycles. The van der Waals surface area contributed by atoms with Gasteiger partial charge in [0, 0.05) is 30.8 Å². The molecule has 0 fully saturated rings. The highest BCUT2D eigenvalue weighted by Gasteiger charge is 2.13. The number of nitrogens with one attached hydrogen (secondary N) is 1. The molecule has 0 aliphatic heterocycles. The zero-order chi connectivity index (χ0) is 22.6. The number of rotatable bonds is 11. The van der Waals surface area contributed by atoms with Crippen LogP contribution >= 0.6 is 0 Å². The first-order valence-electron chi connectivity index (χ1n) is 10.5. The number of nitrogens with zero attached hydrogens (tertiary/aromatic N) is 1. The molecule has 0 aliphatic carbocycles. The molecule has 7 nitrogen and oxygen atoms in total. The molecule has 0 radical (unpaired) electrons. The molecule has 2 rings (SSSR count). The van der Waals surface area contributed by atoms with Gasteiger partial charge in [0.25, 0.3) is 11.8 Å². The Morgan fingerprint density at radius 3 is 2.19 bits per heavy atom. The van der Waals surface area contributed by atoms with Crippen molar-refractivity contribution in [3.8, 4) is 5.75 Å². The number of aryl methyl sites for hydroxylation is 1. The van der Waals surface area contributed by atoms with Crippen molar-refractivity contribution in [2.75, 3.05) is 31.6 Å². The van der Waals surface area contributed by atoms with Crippen LogP contribution < -0.4 is 10.1 Å². The van der Waals surface area contributed by atoms with Gasteiger partial charge in [-0.25, -0.2) is 0 Å². The van der Waals surface area contributed by atoms with E-state index in [1.54, 1.807) is 29.2 Å². The van der Waals surface area contributed by atoms with Crippen LogP contribution in [-0.2, 0) is 14.3 Å². The maximum atomic E-state index is 12.3. The molecule has 0 saturated carbocycles. The molecule has 0 bridgehead atoms. The average molecular weight is 427 g/mol. The predicted octanol–water partition coefficient (Wildman–Crippen LogP) is 3.82. The highest BCUT2D eigenvalue weighted by Crippen LogP contribution is 2.13. The van der Waals surface area contributed by atoms with E-state index in [-0.39, 0.29) is 18.9 Å². The Morgan fingerprint density at radius 2 is 1.58 bits per heavy atom. The Labute approximate surface area is 183 Å². The van der Waals surface area contributed by atoms with Gasteiger partial charge >= 0.3 is 5.97 Å². The lowest BCUT2D eigenvalue weighted by molar-refractivity contribution is -0.147. The van der Waals surface area contributed by atoms with E-state index in [4.69, 9.17) is 9.47 Å². The summed E-state index contributed by atoms with van der Waals surface area (Å²) in [6, 6.07) is 14.3. The molecule has 166 valence electrons. The molecule has 7 heteroatoms. The van der Waals surface area contributed by atoms with Gasteiger partial charge in [-0.3, -0.25) is 14.4 Å². The van der Waals surface area contributed by atoms with Crippen molar-refractivity contribution in [1.82, 2.24) is 4.90 Å². The summed E-state index contributed by atoms with van der Waals surface area (Å²) in [5.41, 5.74) is 2.24. The molecule has 0 aliphatic rings. The first-order valence-corrected chi connectivity index (χ1v) is 10.5. The van der Waals surface area contributed by atoms with E-state index in [2.05, 4.69) is 5.32 Å². The van der Waals surface area contributed by atoms with Gasteiger partial charge in [0.15, 0.2) is 6.61 Å². The first-order chi connectivity index (χ1) is 14.9. The summed E-state index contributed by atoms with van der Waals surface area (Å²) in [6.45, 7) is 7.15. The number of hydrogen-bond acceptors (Lipinski definition) is 5. The van der Waals surface area contributed by atoms with E-state index in [1.807, 2.05) is 45.0 Å². The number of hydrogen-bond donors (Lipinski definition) is 1. The van der Waals surface area contributed by atoms with Crippen molar-refractivity contribution in [3.63, 3.8) is 0 Å². The van der Waals surface area contributed by atoms with Crippen LogP contribution in [0.4, 0.5) is 5.69 Å². The van der Waals surface area contributed by atoms with Gasteiger partial charge in [-0.05, 0) is 63.6 Å². The van der Waals surface area contributed by atoms with E-state index in [0.29, 0.717) is 37.4 Å². The van der Waals surface area contributed by atoms with Crippen molar-refractivity contribution in [3.05, 3.63) is 59.7 Å². The lowest BCUT2D eigenvalue weighted by atomic mass is 10.2. The summed E-state index contributed by atoms with van der Waals surface area (Å²) in [5, 5.41) is 2.65. The van der Waals surface area contributed by atoms with Gasteiger partial charge in [0.05, 0.1) is 6.61 Å². The summed E-state index contributed by atoms with van der Waals surface area (Å²) in [6.07, 6.45) is 0.664. The smallest absolute Gasteiger partial charge is 0.306 e. The van der Waals surface area contributed by atoms with Gasteiger partial charge in [0.1, 0.15) is 5.75 Å². The van der Waals surface area contributed by atoms with Gasteiger partial charge in [-0.1, -0.05) is 17.7 Å². The molecule has 0 atom stereocenters. The quantitative estimate of drug-likeness (QED) is 0.436. The lowest BCUT2D eigenvalue weighted by Crippen LogP contribution is -2.30. The Kier molecular flexibility index (Phi) is 9.55. The number of anilines is 1. The number of benzene rings is 2. The second-order valence-corrected chi connectivity index (χ2v) is 7.03. The van der Waals surface area contributed by atoms with Crippen LogP contribution in [0.3, 0.4) is 0 Å². The van der Waals surface area contributed by atoms with Crippen LogP contribution in [0, 0.1) is 6.92 Å². The van der Waals surface area contributed by atoms with Crippen molar-refractivity contribution >= 4 is 23.5 Å². The molecule has 31 heavy (non-hydrogen) atoms. The van der Waals surface area contributed by atoms with Gasteiger partial charge in [0.2, 0.25) is 0 Å². The van der Waals surface area contributed by atoms with Crippen LogP contribution in [0.5, 0.6) is 5.75 Å². The second kappa shape index (κ2) is 12.4. The zero-order valence-corrected chi connectivity index (χ0v) is 18.3. The molecule has 1 N–H and O–H groups in total. The lowest BCUT2D eigenvalue weighted by Gasteiger charge is -2.18. The number of amides is 2. The van der Waals surface area contributed by atoms with Gasteiger partial charge < -0.3 is 19.7 Å². The van der Waals surface area contributed by atoms with Gasteiger partial charge in [-0.2, -0.15) is 0 Å². The van der Waals surface area contributed by atoms with Gasteiger partial charge in [-0.15, -0.1) is 0 Å². The zero-order valence-electron chi connectivity index (χ0n) is 18.3. The SMILES string of the molecule is CCN(CC)C(=O)c1ccc(NC(=O)COC(=O)CCCOc2ccc(C)cc2)cc1. The topological polar surface area (TPSA) is 84.9 Å². The van der Waals surface area contributed by atoms with Crippen LogP contribution in [0.25, 0.3) is 0 Å². The largest absolute Gasteiger partial charge is 0.494 e. The summed E-state index contributed by atoms with van der Waals surface area (Å²) < 4.78 is 10.6. The Hall–Kier alpha value is -3.35. The number of esters is 1. The fourth-order valence-electron chi connectivity index (χ4n) is 2.85. The third kappa shape index (κ3) is 8.12. The maximum Gasteiger partial charge on any atom is 0.306 e. The molecular weight excluding hydrogens is 396 g/mol. The Morgan fingerprint density at radius 1 is 0.935 bits per heavy atom. The summed E-state index contributed by atoms with van der Waals surface area (Å²) in [7, 11) is 0. The third-order valence-corrected chi connectivity index (χ3v) is 4.65. The minimum Gasteiger partial charge on any atom is -0.494 e. The molecule has 0 aromatic heterocycles. The first kappa shape index (κ1) is 23.9. The van der Waals surface area contributed by atoms with E-state index < -0.39 is 11.9 Å². The van der Waals surface area contributed by atoms with Crippen LogP contribution in [0.1, 0.15) is 42.6 Å². The van der Waals surface area contributed by atoms with E-state index in [1.165, 1.54) is 0 Å². The second-order valence-electron chi connectivity index (χ2n) is 7.03. The molecule has 2 aromatic rings. The summed E-state index contributed by atoms with van der Waals surface area (Å²) in [5.74, 6) is -0.193. The standard InChI is InChI=1S/C24H30N2O5/c1-4-26(5-2)24(29)19-10-12-20(13-11-19)25-22(27)17-31-23(28)7-6-16-30-21-14-8-18(3)9-15-21/h8-15H,4-7,16-17H2,1-3H3,(H,25,27). The predicted molar refractivity (Wildman–Crippen MR) is 119 cm³/mol. The molecule has 2 aromatic carbocycles. The molecule has 0 saturated heterocycles. The van der Waals surface area contributed by atoms with E-state index >= 15 is 0 Å². The minimum absolute atomic E-state index is 0.0526. The van der Waals surface area contributed by atoms with Crippen molar-refractivity contribution in [1.29, 1.82) is 0 Å². The average Bonchev–Trinajstić information content (AvgIpc) is 2.78. The molecular formula is C24H30N2O5. The van der Waals surface area contributed by atoms with E-state index in [9.17, 15) is 14.4 Å². The maximum absolute atomic E-state index is 12.3. The summed E-state index contributed by atoms with van der Waals surface area (Å²) >= 11 is 0. The third-order valence-electron chi connectivity index (χ3n) is 4.65. The van der Waals surface area contributed by atoms with Crippen LogP contribution in [0.15, 0.2) is 48.5 Å². The number of carbonyl (C=O) groups excluding carboxylic acids is 3. The Balaban J connectivity index is 1.67. The normalized spacial score (nSPS) is 10.3.